The molecule has 0 aliphatic carbocycles. The molecule has 1 aliphatic heterocycles. The Morgan fingerprint density at radius 3 is 2.86 bits per heavy atom. The van der Waals surface area contributed by atoms with Crippen LogP contribution in [-0.2, 0) is 6.54 Å². The maximum Gasteiger partial charge on any atom is 0.335 e. The van der Waals surface area contributed by atoms with E-state index in [1.807, 2.05) is 29.2 Å². The summed E-state index contributed by atoms with van der Waals surface area (Å²) in [5, 5.41) is 9.13. The molecule has 0 spiro atoms. The minimum absolute atomic E-state index is 0.234. The molecule has 0 saturated heterocycles. The quantitative estimate of drug-likeness (QED) is 0.828. The third-order valence-corrected chi connectivity index (χ3v) is 3.57. The van der Waals surface area contributed by atoms with E-state index >= 15 is 0 Å². The van der Waals surface area contributed by atoms with E-state index in [9.17, 15) is 4.79 Å². The number of nitrogens with two attached hydrogens (primary N) is 1. The van der Waals surface area contributed by atoms with Gasteiger partial charge in [0.1, 0.15) is 12.4 Å². The first-order valence-electron chi connectivity index (χ1n) is 6.73. The van der Waals surface area contributed by atoms with Gasteiger partial charge in [0.05, 0.1) is 23.5 Å². The van der Waals surface area contributed by atoms with Gasteiger partial charge in [-0.25, -0.2) is 4.79 Å². The second-order valence-corrected chi connectivity index (χ2v) is 4.96. The first-order chi connectivity index (χ1) is 10.1. The molecule has 2 aromatic carbocycles. The van der Waals surface area contributed by atoms with E-state index in [1.165, 1.54) is 6.07 Å². The number of carbonyl (C=O) groups is 1. The summed E-state index contributed by atoms with van der Waals surface area (Å²) >= 11 is 0. The zero-order valence-electron chi connectivity index (χ0n) is 11.5. The zero-order chi connectivity index (χ0) is 14.8. The highest BCUT2D eigenvalue weighted by Gasteiger charge is 2.18. The Hall–Kier alpha value is -2.69. The molecule has 21 heavy (non-hydrogen) atoms. The van der Waals surface area contributed by atoms with Gasteiger partial charge in [0.15, 0.2) is 0 Å². The predicted octanol–water partition coefficient (Wildman–Crippen LogP) is 2.37. The van der Waals surface area contributed by atoms with Gasteiger partial charge < -0.3 is 20.5 Å². The summed E-state index contributed by atoms with van der Waals surface area (Å²) in [6.07, 6.45) is 0. The fourth-order valence-electron chi connectivity index (χ4n) is 2.48. The van der Waals surface area contributed by atoms with Crippen molar-refractivity contribution in [3.8, 4) is 5.75 Å². The third-order valence-electron chi connectivity index (χ3n) is 3.57. The molecule has 0 aromatic heterocycles. The van der Waals surface area contributed by atoms with Crippen LogP contribution in [0.4, 0.5) is 11.4 Å². The van der Waals surface area contributed by atoms with Crippen molar-refractivity contribution in [2.45, 2.75) is 6.54 Å². The van der Waals surface area contributed by atoms with E-state index in [2.05, 4.69) is 0 Å². The maximum atomic E-state index is 11.1. The molecule has 5 heteroatoms. The molecule has 0 bridgehead atoms. The summed E-state index contributed by atoms with van der Waals surface area (Å²) in [7, 11) is 0. The summed E-state index contributed by atoms with van der Waals surface area (Å²) in [5.74, 6) is -0.0873. The lowest BCUT2D eigenvalue weighted by Gasteiger charge is -2.24. The van der Waals surface area contributed by atoms with Crippen LogP contribution in [0.2, 0.25) is 0 Å². The second-order valence-electron chi connectivity index (χ2n) is 4.96. The van der Waals surface area contributed by atoms with Gasteiger partial charge >= 0.3 is 5.97 Å². The van der Waals surface area contributed by atoms with E-state index in [0.717, 1.165) is 17.0 Å². The number of hydrogen-bond donors (Lipinski definition) is 2. The average Bonchev–Trinajstić information content (AvgIpc) is 2.69. The van der Waals surface area contributed by atoms with Crippen molar-refractivity contribution in [2.24, 2.45) is 0 Å². The Bertz CT molecular complexity index is 685. The molecule has 0 saturated carbocycles. The fourth-order valence-corrected chi connectivity index (χ4v) is 2.48. The number of ether oxygens (including phenoxy) is 1. The lowest BCUT2D eigenvalue weighted by atomic mass is 10.1. The molecule has 3 rings (SSSR count). The van der Waals surface area contributed by atoms with Gasteiger partial charge in [0, 0.05) is 12.1 Å². The first kappa shape index (κ1) is 13.3. The Morgan fingerprint density at radius 1 is 1.24 bits per heavy atom. The highest BCUT2D eigenvalue weighted by atomic mass is 16.5. The number of benzene rings is 2. The standard InChI is InChI=1S/C16H16N2O3/c17-13-6-5-11(16(19)20)9-14(13)18-7-8-21-15-4-2-1-3-12(15)10-18/h1-6,9H,7-8,10,17H2,(H,19,20). The monoisotopic (exact) mass is 284 g/mol. The summed E-state index contributed by atoms with van der Waals surface area (Å²) in [5.41, 5.74) is 8.62. The van der Waals surface area contributed by atoms with Crippen molar-refractivity contribution >= 4 is 17.3 Å². The van der Waals surface area contributed by atoms with Crippen LogP contribution in [0.15, 0.2) is 42.5 Å². The Labute approximate surface area is 122 Å². The topological polar surface area (TPSA) is 75.8 Å². The van der Waals surface area contributed by atoms with Crippen LogP contribution in [0.25, 0.3) is 0 Å². The van der Waals surface area contributed by atoms with Crippen LogP contribution in [0.1, 0.15) is 15.9 Å². The van der Waals surface area contributed by atoms with Crippen LogP contribution in [0.5, 0.6) is 5.75 Å². The van der Waals surface area contributed by atoms with Crippen LogP contribution in [0, 0.1) is 0 Å². The number of hydrogen-bond acceptors (Lipinski definition) is 4. The molecular weight excluding hydrogens is 268 g/mol. The summed E-state index contributed by atoms with van der Waals surface area (Å²) in [6, 6.07) is 12.6. The van der Waals surface area contributed by atoms with Gasteiger partial charge in [-0.1, -0.05) is 18.2 Å². The number of anilines is 2. The second kappa shape index (κ2) is 5.36. The molecule has 0 fully saturated rings. The molecule has 0 unspecified atom stereocenters. The lowest BCUT2D eigenvalue weighted by molar-refractivity contribution is 0.0697. The van der Waals surface area contributed by atoms with Crippen molar-refractivity contribution < 1.29 is 14.6 Å². The van der Waals surface area contributed by atoms with Gasteiger partial charge in [-0.05, 0) is 24.3 Å². The van der Waals surface area contributed by atoms with E-state index in [-0.39, 0.29) is 5.56 Å². The fraction of sp³-hybridized carbons (Fsp3) is 0.188. The molecular formula is C16H16N2O3. The van der Waals surface area contributed by atoms with Gasteiger partial charge in [-0.3, -0.25) is 0 Å². The van der Waals surface area contributed by atoms with Crippen LogP contribution < -0.4 is 15.4 Å². The average molecular weight is 284 g/mol. The smallest absolute Gasteiger partial charge is 0.335 e. The number of para-hydroxylation sites is 1. The van der Waals surface area contributed by atoms with E-state index in [0.29, 0.717) is 25.4 Å². The van der Waals surface area contributed by atoms with E-state index < -0.39 is 5.97 Å². The van der Waals surface area contributed by atoms with Gasteiger partial charge in [-0.2, -0.15) is 0 Å². The Morgan fingerprint density at radius 2 is 2.05 bits per heavy atom. The van der Waals surface area contributed by atoms with Gasteiger partial charge in [-0.15, -0.1) is 0 Å². The van der Waals surface area contributed by atoms with Crippen LogP contribution in [-0.4, -0.2) is 24.2 Å². The summed E-state index contributed by atoms with van der Waals surface area (Å²) < 4.78 is 5.72. The van der Waals surface area contributed by atoms with Crippen LogP contribution >= 0.6 is 0 Å². The van der Waals surface area contributed by atoms with Crippen molar-refractivity contribution in [1.29, 1.82) is 0 Å². The summed E-state index contributed by atoms with van der Waals surface area (Å²) in [4.78, 5) is 13.2. The number of nitrogen functional groups attached to an aromatic ring is 1. The first-order valence-corrected chi connectivity index (χ1v) is 6.73. The molecule has 0 radical (unpaired) electrons. The Kier molecular flexibility index (Phi) is 3.39. The lowest BCUT2D eigenvalue weighted by Crippen LogP contribution is -2.26. The highest BCUT2D eigenvalue weighted by molar-refractivity contribution is 5.90. The predicted molar refractivity (Wildman–Crippen MR) is 80.8 cm³/mol. The molecule has 5 nitrogen and oxygen atoms in total. The minimum Gasteiger partial charge on any atom is -0.491 e. The maximum absolute atomic E-state index is 11.1. The molecule has 0 amide bonds. The Balaban J connectivity index is 1.97. The van der Waals surface area contributed by atoms with Crippen molar-refractivity contribution in [3.05, 3.63) is 53.6 Å². The molecule has 1 aliphatic rings. The number of rotatable bonds is 2. The van der Waals surface area contributed by atoms with E-state index in [1.54, 1.807) is 12.1 Å². The number of fused-ring (bicyclic) bond motifs is 1. The van der Waals surface area contributed by atoms with Crippen molar-refractivity contribution in [3.63, 3.8) is 0 Å². The number of nitrogens with zero attached hydrogens (tertiary/aromatic N) is 1. The molecule has 108 valence electrons. The highest BCUT2D eigenvalue weighted by Crippen LogP contribution is 2.30. The number of aromatic carboxylic acids is 1. The normalized spacial score (nSPS) is 14.0. The molecule has 1 heterocycles. The van der Waals surface area contributed by atoms with E-state index in [4.69, 9.17) is 15.6 Å². The molecule has 2 aromatic rings. The third kappa shape index (κ3) is 2.63. The largest absolute Gasteiger partial charge is 0.491 e. The zero-order valence-corrected chi connectivity index (χ0v) is 11.5. The molecule has 0 atom stereocenters. The minimum atomic E-state index is -0.956. The van der Waals surface area contributed by atoms with Gasteiger partial charge in [0.2, 0.25) is 0 Å². The number of carboxylic acids is 1. The van der Waals surface area contributed by atoms with Crippen molar-refractivity contribution in [2.75, 3.05) is 23.8 Å². The summed E-state index contributed by atoms with van der Waals surface area (Å²) in [6.45, 7) is 1.83. The molecule has 3 N–H and O–H groups in total. The number of carboxylic acid groups (broad SMARTS) is 1. The van der Waals surface area contributed by atoms with Crippen LogP contribution in [0.3, 0.4) is 0 Å². The van der Waals surface area contributed by atoms with Crippen molar-refractivity contribution in [1.82, 2.24) is 0 Å². The van der Waals surface area contributed by atoms with Gasteiger partial charge in [0.25, 0.3) is 0 Å². The SMILES string of the molecule is Nc1ccc(C(=O)O)cc1N1CCOc2ccccc2C1.